The van der Waals surface area contributed by atoms with Crippen molar-refractivity contribution in [2.75, 3.05) is 9.91 Å². The fourth-order valence-corrected chi connectivity index (χ4v) is 4.53. The van der Waals surface area contributed by atoms with E-state index in [1.807, 2.05) is 0 Å². The number of halogens is 1. The molecular formula is C25H17ClN4O5. The minimum atomic E-state index is -1.15. The number of nitro benzene ring substituents is 1. The third kappa shape index (κ3) is 3.57. The number of non-ortho nitro benzene ring substituents is 1. The smallest absolute Gasteiger partial charge is 0.269 e. The van der Waals surface area contributed by atoms with Crippen LogP contribution in [0.3, 0.4) is 0 Å². The lowest BCUT2D eigenvalue weighted by Gasteiger charge is -2.23. The maximum atomic E-state index is 13.7. The Hall–Kier alpha value is -4.37. The van der Waals surface area contributed by atoms with Crippen LogP contribution >= 0.6 is 11.6 Å². The molecule has 3 aromatic carbocycles. The molecule has 2 atom stereocenters. The Kier molecular flexibility index (Phi) is 5.41. The van der Waals surface area contributed by atoms with Gasteiger partial charge in [-0.15, -0.1) is 0 Å². The molecule has 0 aromatic heterocycles. The Morgan fingerprint density at radius 2 is 1.66 bits per heavy atom. The van der Waals surface area contributed by atoms with E-state index in [4.69, 9.17) is 11.6 Å². The Labute approximate surface area is 204 Å². The Morgan fingerprint density at radius 3 is 2.31 bits per heavy atom. The zero-order chi connectivity index (χ0) is 24.9. The summed E-state index contributed by atoms with van der Waals surface area (Å²) < 4.78 is 0. The molecule has 0 saturated carbocycles. The largest absolute Gasteiger partial charge is 0.287 e. The number of carbonyl (C=O) groups excluding carboxylic acids is 3. The molecule has 2 amide bonds. The Bertz CT molecular complexity index is 1420. The third-order valence-corrected chi connectivity index (χ3v) is 6.53. The molecule has 10 heteroatoms. The summed E-state index contributed by atoms with van der Waals surface area (Å²) in [6.07, 6.45) is 0. The van der Waals surface area contributed by atoms with E-state index in [0.717, 1.165) is 4.90 Å². The molecule has 0 N–H and O–H groups in total. The highest BCUT2D eigenvalue weighted by molar-refractivity contribution is 6.53. The van der Waals surface area contributed by atoms with Crippen molar-refractivity contribution in [1.82, 2.24) is 0 Å². The number of amides is 2. The number of hydrogen-bond donors (Lipinski definition) is 0. The van der Waals surface area contributed by atoms with E-state index in [1.165, 1.54) is 29.3 Å². The van der Waals surface area contributed by atoms with Gasteiger partial charge in [0.05, 0.1) is 16.3 Å². The first kappa shape index (κ1) is 22.4. The molecule has 174 valence electrons. The van der Waals surface area contributed by atoms with E-state index in [2.05, 4.69) is 5.10 Å². The van der Waals surface area contributed by atoms with Crippen LogP contribution in [0.15, 0.2) is 77.9 Å². The lowest BCUT2D eigenvalue weighted by Crippen LogP contribution is -2.39. The van der Waals surface area contributed by atoms with Crippen LogP contribution in [0.1, 0.15) is 15.9 Å². The van der Waals surface area contributed by atoms with Gasteiger partial charge in [0.25, 0.3) is 11.6 Å². The molecular weight excluding hydrogens is 472 g/mol. The van der Waals surface area contributed by atoms with Gasteiger partial charge >= 0.3 is 0 Å². The van der Waals surface area contributed by atoms with Gasteiger partial charge in [0.15, 0.2) is 0 Å². The van der Waals surface area contributed by atoms with E-state index in [-0.39, 0.29) is 11.4 Å². The number of Topliss-reactive ketones (excluding diaryl/α,β-unsaturated/α-hetero) is 1. The molecule has 2 heterocycles. The van der Waals surface area contributed by atoms with Crippen molar-refractivity contribution in [1.29, 1.82) is 0 Å². The normalized spacial score (nSPS) is 19.1. The van der Waals surface area contributed by atoms with Crippen molar-refractivity contribution >= 4 is 52.0 Å². The van der Waals surface area contributed by atoms with Gasteiger partial charge in [0, 0.05) is 22.7 Å². The molecule has 0 radical (unpaired) electrons. The summed E-state index contributed by atoms with van der Waals surface area (Å²) in [5.74, 6) is -2.78. The molecule has 9 nitrogen and oxygen atoms in total. The number of rotatable bonds is 5. The van der Waals surface area contributed by atoms with Crippen molar-refractivity contribution < 1.29 is 19.3 Å². The Balaban J connectivity index is 1.63. The molecule has 2 aliphatic rings. The van der Waals surface area contributed by atoms with Crippen molar-refractivity contribution in [3.8, 4) is 0 Å². The highest BCUT2D eigenvalue weighted by Crippen LogP contribution is 2.40. The van der Waals surface area contributed by atoms with Gasteiger partial charge in [-0.1, -0.05) is 48.0 Å². The number of hydrogen-bond acceptors (Lipinski definition) is 7. The topological polar surface area (TPSA) is 113 Å². The van der Waals surface area contributed by atoms with Gasteiger partial charge in [-0.2, -0.15) is 5.10 Å². The van der Waals surface area contributed by atoms with Crippen molar-refractivity contribution in [2.24, 2.45) is 11.0 Å². The minimum absolute atomic E-state index is 0.0694. The maximum Gasteiger partial charge on any atom is 0.269 e. The molecule has 1 saturated heterocycles. The monoisotopic (exact) mass is 488 g/mol. The van der Waals surface area contributed by atoms with Gasteiger partial charge in [-0.3, -0.25) is 29.5 Å². The number of ketones is 1. The molecule has 0 bridgehead atoms. The second-order valence-corrected chi connectivity index (χ2v) is 8.52. The first-order valence-electron chi connectivity index (χ1n) is 10.6. The van der Waals surface area contributed by atoms with Crippen molar-refractivity contribution in [3.63, 3.8) is 0 Å². The number of nitro groups is 1. The zero-order valence-corrected chi connectivity index (χ0v) is 19.0. The molecule has 3 aromatic rings. The fourth-order valence-electron chi connectivity index (χ4n) is 4.36. The standard InChI is InChI=1S/C25H17ClN4O5/c1-14-18(26)8-5-9-19(14)28-24(32)20-21(23(31)15-6-3-2-4-7-15)27-29(22(20)25(28)33)16-10-12-17(13-11-16)30(34)35/h2-13,20,22H,1H3/t20-,22-/m0/s1. The molecule has 0 unspecified atom stereocenters. The molecule has 35 heavy (non-hydrogen) atoms. The van der Waals surface area contributed by atoms with E-state index in [0.29, 0.717) is 27.5 Å². The summed E-state index contributed by atoms with van der Waals surface area (Å²) in [4.78, 5) is 52.2. The van der Waals surface area contributed by atoms with Crippen LogP contribution in [0.2, 0.25) is 5.02 Å². The molecule has 0 spiro atoms. The third-order valence-electron chi connectivity index (χ3n) is 6.12. The Morgan fingerprint density at radius 1 is 0.971 bits per heavy atom. The van der Waals surface area contributed by atoms with Gasteiger partial charge in [-0.25, -0.2) is 4.90 Å². The number of anilines is 2. The molecule has 2 aliphatic heterocycles. The van der Waals surface area contributed by atoms with Crippen LogP contribution in [-0.4, -0.2) is 34.3 Å². The lowest BCUT2D eigenvalue weighted by molar-refractivity contribution is -0.384. The summed E-state index contributed by atoms with van der Waals surface area (Å²) in [5, 5.41) is 17.2. The van der Waals surface area contributed by atoms with E-state index < -0.39 is 34.5 Å². The second-order valence-electron chi connectivity index (χ2n) is 8.12. The molecule has 5 rings (SSSR count). The van der Waals surface area contributed by atoms with Crippen molar-refractivity contribution in [3.05, 3.63) is 99.1 Å². The van der Waals surface area contributed by atoms with Gasteiger partial charge < -0.3 is 0 Å². The average molecular weight is 489 g/mol. The summed E-state index contributed by atoms with van der Waals surface area (Å²) in [7, 11) is 0. The lowest BCUT2D eigenvalue weighted by atomic mass is 9.92. The van der Waals surface area contributed by atoms with Crippen LogP contribution in [0.5, 0.6) is 0 Å². The van der Waals surface area contributed by atoms with E-state index in [9.17, 15) is 24.5 Å². The quantitative estimate of drug-likeness (QED) is 0.230. The van der Waals surface area contributed by atoms with Crippen LogP contribution in [0.4, 0.5) is 17.1 Å². The summed E-state index contributed by atoms with van der Waals surface area (Å²) >= 11 is 6.24. The highest BCUT2D eigenvalue weighted by atomic mass is 35.5. The summed E-state index contributed by atoms with van der Waals surface area (Å²) in [5.41, 5.74) is 1.34. The average Bonchev–Trinajstić information content (AvgIpc) is 3.38. The number of nitrogens with zero attached hydrogens (tertiary/aromatic N) is 4. The fraction of sp³-hybridized carbons (Fsp3) is 0.120. The van der Waals surface area contributed by atoms with E-state index >= 15 is 0 Å². The predicted octanol–water partition coefficient (Wildman–Crippen LogP) is 4.17. The van der Waals surface area contributed by atoms with Gasteiger partial charge in [0.1, 0.15) is 17.7 Å². The van der Waals surface area contributed by atoms with Crippen LogP contribution in [-0.2, 0) is 9.59 Å². The van der Waals surface area contributed by atoms with Crippen LogP contribution < -0.4 is 9.91 Å². The maximum absolute atomic E-state index is 13.7. The summed E-state index contributed by atoms with van der Waals surface area (Å²) in [6, 6.07) is 17.5. The van der Waals surface area contributed by atoms with Crippen LogP contribution in [0, 0.1) is 23.0 Å². The first-order chi connectivity index (χ1) is 16.8. The summed E-state index contributed by atoms with van der Waals surface area (Å²) in [6.45, 7) is 1.70. The number of benzene rings is 3. The van der Waals surface area contributed by atoms with E-state index in [1.54, 1.807) is 55.5 Å². The highest BCUT2D eigenvalue weighted by Gasteiger charge is 2.58. The van der Waals surface area contributed by atoms with Crippen molar-refractivity contribution in [2.45, 2.75) is 13.0 Å². The zero-order valence-electron chi connectivity index (χ0n) is 18.3. The predicted molar refractivity (Wildman–Crippen MR) is 130 cm³/mol. The van der Waals surface area contributed by atoms with Crippen LogP contribution in [0.25, 0.3) is 0 Å². The molecule has 1 fully saturated rings. The van der Waals surface area contributed by atoms with Gasteiger partial charge in [-0.05, 0) is 36.8 Å². The number of fused-ring (bicyclic) bond motifs is 1. The minimum Gasteiger partial charge on any atom is -0.287 e. The number of hydrazone groups is 1. The second kappa shape index (κ2) is 8.44. The number of imide groups is 1. The first-order valence-corrected chi connectivity index (χ1v) is 11.0. The number of carbonyl (C=O) groups is 3. The van der Waals surface area contributed by atoms with Gasteiger partial charge in [0.2, 0.25) is 11.7 Å². The SMILES string of the molecule is Cc1c(Cl)cccc1N1C(=O)[C@H]2C(C(=O)c3ccccc3)=NN(c3ccc([N+](=O)[O-])cc3)[C@@H]2C1=O. The molecule has 0 aliphatic carbocycles.